The number of halogens is 5. The lowest BCUT2D eigenvalue weighted by Crippen LogP contribution is -2.54. The smallest absolute Gasteiger partial charge is 0.276 e. The van der Waals surface area contributed by atoms with Crippen molar-refractivity contribution in [3.05, 3.63) is 79.2 Å². The number of nitrogens with one attached hydrogen (secondary N) is 1. The first kappa shape index (κ1) is 33.3. The zero-order valence-corrected chi connectivity index (χ0v) is 27.5. The van der Waals surface area contributed by atoms with Crippen molar-refractivity contribution in [3.8, 4) is 23.1 Å². The molecule has 1 unspecified atom stereocenters. The molecule has 0 radical (unpaired) electrons. The van der Waals surface area contributed by atoms with Crippen LogP contribution >= 0.6 is 34.8 Å². The maximum absolute atomic E-state index is 15.6. The van der Waals surface area contributed by atoms with Crippen LogP contribution in [-0.2, 0) is 4.79 Å². The molecule has 0 saturated carbocycles. The number of pyridine rings is 2. The average Bonchev–Trinajstić information content (AvgIpc) is 3.02. The molecule has 240 valence electrons. The van der Waals surface area contributed by atoms with E-state index in [1.54, 1.807) is 29.0 Å². The van der Waals surface area contributed by atoms with Crippen LogP contribution in [0.15, 0.2) is 41.4 Å². The fourth-order valence-electron chi connectivity index (χ4n) is 6.05. The lowest BCUT2D eigenvalue weighted by atomic mass is 9.94. The van der Waals surface area contributed by atoms with Gasteiger partial charge >= 0.3 is 0 Å². The fraction of sp³-hybridized carbons (Fsp3) is 0.312. The standard InChI is InChI=1S/C32H29Cl3F2N6O3/c1-6-20(44)42-10-9-41(13-16(42)5)29-17-11-19(33)27(21-24(36)22(34)23(35)25(37)30(21)45)40-31(17)43(32(46)18(29)12-38)28-15(4)7-8-39-26(28)14(2)3/h6-8,11,14,16,26,39,45H,1,9-10,13H2,2-5H3/t16-,26?/m1/s1. The molecule has 2 N–H and O–H groups in total. The van der Waals surface area contributed by atoms with E-state index < -0.39 is 50.3 Å². The monoisotopic (exact) mass is 688 g/mol. The summed E-state index contributed by atoms with van der Waals surface area (Å²) in [6, 6.07) is 2.73. The van der Waals surface area contributed by atoms with Crippen LogP contribution in [-0.4, -0.2) is 57.2 Å². The van der Waals surface area contributed by atoms with Crippen molar-refractivity contribution in [3.63, 3.8) is 0 Å². The summed E-state index contributed by atoms with van der Waals surface area (Å²) in [6.07, 6.45) is 4.74. The number of hydrogen-bond donors (Lipinski definition) is 2. The Hall–Kier alpha value is -4.11. The molecule has 0 bridgehead atoms. The van der Waals surface area contributed by atoms with E-state index in [0.29, 0.717) is 11.3 Å². The number of phenolic OH excluding ortho intramolecular Hbond substituents is 1. The largest absolute Gasteiger partial charge is 0.504 e. The summed E-state index contributed by atoms with van der Waals surface area (Å²) in [6.45, 7) is 11.9. The van der Waals surface area contributed by atoms with E-state index in [0.717, 1.165) is 0 Å². The van der Waals surface area contributed by atoms with Crippen molar-refractivity contribution in [2.24, 2.45) is 5.92 Å². The van der Waals surface area contributed by atoms with Gasteiger partial charge in [0, 0.05) is 31.1 Å². The van der Waals surface area contributed by atoms with Crippen molar-refractivity contribution < 1.29 is 18.7 Å². The van der Waals surface area contributed by atoms with Crippen LogP contribution in [0.1, 0.15) is 33.3 Å². The Kier molecular flexibility index (Phi) is 9.10. The Morgan fingerprint density at radius 2 is 1.91 bits per heavy atom. The molecule has 2 atom stereocenters. The number of hydrogen-bond acceptors (Lipinski definition) is 7. The predicted octanol–water partition coefficient (Wildman–Crippen LogP) is 6.47. The average molecular weight is 690 g/mol. The van der Waals surface area contributed by atoms with E-state index in [1.165, 1.54) is 16.7 Å². The van der Waals surface area contributed by atoms with Crippen molar-refractivity contribution in [2.75, 3.05) is 24.5 Å². The van der Waals surface area contributed by atoms with Crippen LogP contribution in [0.4, 0.5) is 14.5 Å². The minimum Gasteiger partial charge on any atom is -0.504 e. The molecule has 1 amide bonds. The number of amides is 1. The molecule has 3 aromatic rings. The number of aromatic nitrogens is 2. The summed E-state index contributed by atoms with van der Waals surface area (Å²) < 4.78 is 31.7. The first-order valence-electron chi connectivity index (χ1n) is 14.3. The third-order valence-electron chi connectivity index (χ3n) is 8.28. The molecule has 1 fully saturated rings. The van der Waals surface area contributed by atoms with E-state index >= 15 is 4.39 Å². The van der Waals surface area contributed by atoms with E-state index in [-0.39, 0.29) is 64.8 Å². The third kappa shape index (κ3) is 5.28. The Balaban J connectivity index is 1.91. The van der Waals surface area contributed by atoms with Crippen LogP contribution in [0.5, 0.6) is 5.75 Å². The first-order chi connectivity index (χ1) is 21.7. The molecular weight excluding hydrogens is 661 g/mol. The first-order valence-corrected chi connectivity index (χ1v) is 15.4. The highest BCUT2D eigenvalue weighted by atomic mass is 35.5. The SMILES string of the molecule is C=CC(=O)N1CCN(c2c(C#N)c(=O)n(C3=C(C)C=CNC3C(C)C)c3nc(-c4c(O)c(F)c(Cl)c(Cl)c4F)c(Cl)cc23)C[C@H]1C. The van der Waals surface area contributed by atoms with Gasteiger partial charge < -0.3 is 20.2 Å². The molecule has 46 heavy (non-hydrogen) atoms. The number of nitrogens with zero attached hydrogens (tertiary/aromatic N) is 5. The maximum atomic E-state index is 15.6. The van der Waals surface area contributed by atoms with Gasteiger partial charge in [0.15, 0.2) is 17.4 Å². The normalized spacial score (nSPS) is 18.3. The molecule has 4 heterocycles. The van der Waals surface area contributed by atoms with E-state index in [9.17, 15) is 24.3 Å². The molecular formula is C32H29Cl3F2N6O3. The number of carbonyl (C=O) groups is 1. The summed E-state index contributed by atoms with van der Waals surface area (Å²) in [7, 11) is 0. The number of dihydropyridines is 1. The molecule has 1 saturated heterocycles. The van der Waals surface area contributed by atoms with Gasteiger partial charge in [0.25, 0.3) is 5.56 Å². The molecule has 0 aliphatic carbocycles. The summed E-state index contributed by atoms with van der Waals surface area (Å²) in [5.41, 5.74) is -0.683. The van der Waals surface area contributed by atoms with Gasteiger partial charge in [-0.15, -0.1) is 0 Å². The molecule has 2 aliphatic heterocycles. The van der Waals surface area contributed by atoms with Gasteiger partial charge in [0.2, 0.25) is 5.91 Å². The van der Waals surface area contributed by atoms with Crippen molar-refractivity contribution in [1.82, 2.24) is 19.8 Å². The van der Waals surface area contributed by atoms with Gasteiger partial charge in [-0.25, -0.2) is 13.8 Å². The highest BCUT2D eigenvalue weighted by Gasteiger charge is 2.34. The predicted molar refractivity (Wildman–Crippen MR) is 176 cm³/mol. The summed E-state index contributed by atoms with van der Waals surface area (Å²) >= 11 is 18.5. The quantitative estimate of drug-likeness (QED) is 0.179. The number of phenols is 1. The van der Waals surface area contributed by atoms with Crippen LogP contribution in [0.25, 0.3) is 28.0 Å². The second kappa shape index (κ2) is 12.6. The number of anilines is 1. The summed E-state index contributed by atoms with van der Waals surface area (Å²) in [5, 5.41) is 22.8. The Bertz CT molecular complexity index is 1960. The van der Waals surface area contributed by atoms with Gasteiger partial charge in [0.05, 0.1) is 38.7 Å². The highest BCUT2D eigenvalue weighted by Crippen LogP contribution is 2.45. The number of carbonyl (C=O) groups excluding carboxylic acids is 1. The van der Waals surface area contributed by atoms with Crippen molar-refractivity contribution >= 4 is 63.1 Å². The molecule has 1 aromatic carbocycles. The van der Waals surface area contributed by atoms with Crippen LogP contribution < -0.4 is 15.8 Å². The van der Waals surface area contributed by atoms with Crippen molar-refractivity contribution in [1.29, 1.82) is 5.26 Å². The lowest BCUT2D eigenvalue weighted by molar-refractivity contribution is -0.128. The molecule has 2 aliphatic rings. The van der Waals surface area contributed by atoms with Gasteiger partial charge in [0.1, 0.15) is 22.3 Å². The molecule has 2 aromatic heterocycles. The molecule has 14 heteroatoms. The Labute approximate surface area is 278 Å². The number of piperazine rings is 1. The Morgan fingerprint density at radius 3 is 2.52 bits per heavy atom. The van der Waals surface area contributed by atoms with Crippen LogP contribution in [0.2, 0.25) is 15.1 Å². The number of nitriles is 1. The highest BCUT2D eigenvalue weighted by molar-refractivity contribution is 6.42. The van der Waals surface area contributed by atoms with Crippen LogP contribution in [0.3, 0.4) is 0 Å². The lowest BCUT2D eigenvalue weighted by Gasteiger charge is -2.41. The molecule has 5 rings (SSSR count). The van der Waals surface area contributed by atoms with E-state index in [1.807, 2.05) is 20.8 Å². The molecule has 9 nitrogen and oxygen atoms in total. The van der Waals surface area contributed by atoms with Gasteiger partial charge in [-0.1, -0.05) is 55.2 Å². The van der Waals surface area contributed by atoms with Gasteiger partial charge in [-0.05, 0) is 49.8 Å². The third-order valence-corrected chi connectivity index (χ3v) is 9.38. The number of rotatable bonds is 5. The zero-order valence-electron chi connectivity index (χ0n) is 25.3. The number of allylic oxidation sites excluding steroid dienone is 2. The number of benzene rings is 1. The number of aromatic hydroxyl groups is 1. The topological polar surface area (TPSA) is 114 Å². The van der Waals surface area contributed by atoms with Gasteiger partial charge in [-0.3, -0.25) is 14.2 Å². The van der Waals surface area contributed by atoms with Crippen molar-refractivity contribution in [2.45, 2.75) is 39.8 Å². The zero-order chi connectivity index (χ0) is 33.8. The minimum atomic E-state index is -1.38. The second-order valence-electron chi connectivity index (χ2n) is 11.5. The fourth-order valence-corrected chi connectivity index (χ4v) is 6.64. The van der Waals surface area contributed by atoms with Gasteiger partial charge in [-0.2, -0.15) is 5.26 Å². The van der Waals surface area contributed by atoms with Crippen LogP contribution in [0, 0.1) is 28.9 Å². The maximum Gasteiger partial charge on any atom is 0.276 e. The second-order valence-corrected chi connectivity index (χ2v) is 12.6. The number of fused-ring (bicyclic) bond motifs is 1. The Morgan fingerprint density at radius 1 is 1.24 bits per heavy atom. The van der Waals surface area contributed by atoms with E-state index in [4.69, 9.17) is 34.8 Å². The minimum absolute atomic E-state index is 0.0296. The summed E-state index contributed by atoms with van der Waals surface area (Å²) in [4.78, 5) is 34.9. The van der Waals surface area contributed by atoms with E-state index in [2.05, 4.69) is 22.9 Å². The molecule has 0 spiro atoms. The summed E-state index contributed by atoms with van der Waals surface area (Å²) in [5.74, 6) is -4.11.